The van der Waals surface area contributed by atoms with Gasteiger partial charge in [0.05, 0.1) is 4.91 Å². The molecule has 1 fully saturated rings. The van der Waals surface area contributed by atoms with Crippen LogP contribution in [0.25, 0.3) is 17.4 Å². The first-order valence-corrected chi connectivity index (χ1v) is 10.8. The molecule has 2 heterocycles. The van der Waals surface area contributed by atoms with E-state index < -0.39 is 0 Å². The maximum atomic E-state index is 12.7. The summed E-state index contributed by atoms with van der Waals surface area (Å²) in [5.74, 6) is 0.998. The molecule has 1 saturated heterocycles. The Morgan fingerprint density at radius 3 is 2.62 bits per heavy atom. The number of thioether (sulfide) groups is 1. The van der Waals surface area contributed by atoms with Gasteiger partial charge in [-0.15, -0.1) is 0 Å². The standard InChI is InChI=1S/C23H18BrNO3S/c1-15-13-17(7-9-19(15)24)20-10-8-18(28-20)14-21-22(26)25(23(27)29-21)12-11-16-5-3-2-4-6-16/h2-10,13-14H,11-12H2,1H3/b21-14-. The van der Waals surface area contributed by atoms with Crippen molar-refractivity contribution in [1.29, 1.82) is 0 Å². The van der Waals surface area contributed by atoms with Gasteiger partial charge in [0.2, 0.25) is 0 Å². The van der Waals surface area contributed by atoms with Crippen LogP contribution in [-0.2, 0) is 11.2 Å². The van der Waals surface area contributed by atoms with Crippen LogP contribution in [0, 0.1) is 6.92 Å². The average molecular weight is 468 g/mol. The van der Waals surface area contributed by atoms with Gasteiger partial charge in [-0.05, 0) is 60.5 Å². The SMILES string of the molecule is Cc1cc(-c2ccc(/C=C3\SC(=O)N(CCc4ccccc4)C3=O)o2)ccc1Br. The molecule has 0 saturated carbocycles. The zero-order valence-corrected chi connectivity index (χ0v) is 18.1. The van der Waals surface area contributed by atoms with Crippen LogP contribution in [0.4, 0.5) is 4.79 Å². The summed E-state index contributed by atoms with van der Waals surface area (Å²) >= 11 is 4.45. The topological polar surface area (TPSA) is 50.5 Å². The van der Waals surface area contributed by atoms with Crippen molar-refractivity contribution in [1.82, 2.24) is 4.90 Å². The third kappa shape index (κ3) is 4.38. The van der Waals surface area contributed by atoms with Gasteiger partial charge in [-0.2, -0.15) is 0 Å². The Kier molecular flexibility index (Phi) is 5.74. The average Bonchev–Trinajstić information content (AvgIpc) is 3.28. The van der Waals surface area contributed by atoms with Crippen LogP contribution in [0.1, 0.15) is 16.9 Å². The molecule has 0 radical (unpaired) electrons. The van der Waals surface area contributed by atoms with Crippen LogP contribution in [0.5, 0.6) is 0 Å². The Morgan fingerprint density at radius 2 is 1.86 bits per heavy atom. The largest absolute Gasteiger partial charge is 0.457 e. The molecule has 0 bridgehead atoms. The van der Waals surface area contributed by atoms with E-state index in [1.54, 1.807) is 6.08 Å². The summed E-state index contributed by atoms with van der Waals surface area (Å²) in [6.07, 6.45) is 2.28. The van der Waals surface area contributed by atoms with Gasteiger partial charge in [-0.1, -0.05) is 52.3 Å². The maximum Gasteiger partial charge on any atom is 0.293 e. The van der Waals surface area contributed by atoms with E-state index in [1.165, 1.54) is 4.90 Å². The zero-order chi connectivity index (χ0) is 20.4. The lowest BCUT2D eigenvalue weighted by atomic mass is 10.1. The smallest absolute Gasteiger partial charge is 0.293 e. The van der Waals surface area contributed by atoms with Gasteiger partial charge < -0.3 is 4.42 Å². The van der Waals surface area contributed by atoms with E-state index in [0.717, 1.165) is 38.7 Å². The number of hydrogen-bond donors (Lipinski definition) is 0. The minimum absolute atomic E-state index is 0.243. The molecule has 0 spiro atoms. The predicted molar refractivity (Wildman–Crippen MR) is 119 cm³/mol. The molecule has 4 nitrogen and oxygen atoms in total. The first-order valence-electron chi connectivity index (χ1n) is 9.17. The number of halogens is 1. The van der Waals surface area contributed by atoms with E-state index in [-0.39, 0.29) is 11.1 Å². The van der Waals surface area contributed by atoms with Crippen LogP contribution in [0.2, 0.25) is 0 Å². The minimum atomic E-state index is -0.270. The van der Waals surface area contributed by atoms with Crippen LogP contribution in [-0.4, -0.2) is 22.6 Å². The summed E-state index contributed by atoms with van der Waals surface area (Å²) in [5.41, 5.74) is 3.16. The van der Waals surface area contributed by atoms with Crippen LogP contribution < -0.4 is 0 Å². The molecule has 0 atom stereocenters. The minimum Gasteiger partial charge on any atom is -0.457 e. The number of furan rings is 1. The maximum absolute atomic E-state index is 12.7. The number of aryl methyl sites for hydroxylation is 1. The summed E-state index contributed by atoms with van der Waals surface area (Å²) in [5, 5.41) is -0.243. The molecular weight excluding hydrogens is 450 g/mol. The van der Waals surface area contributed by atoms with Gasteiger partial charge in [0.1, 0.15) is 11.5 Å². The number of imide groups is 1. The van der Waals surface area contributed by atoms with Gasteiger partial charge in [0.15, 0.2) is 0 Å². The third-order valence-electron chi connectivity index (χ3n) is 4.68. The molecule has 29 heavy (non-hydrogen) atoms. The molecular formula is C23H18BrNO3S. The predicted octanol–water partition coefficient (Wildman–Crippen LogP) is 6.30. The van der Waals surface area contributed by atoms with E-state index in [9.17, 15) is 9.59 Å². The molecule has 0 N–H and O–H groups in total. The fraction of sp³-hybridized carbons (Fsp3) is 0.130. The molecule has 1 aliphatic rings. The zero-order valence-electron chi connectivity index (χ0n) is 15.7. The molecule has 1 aliphatic heterocycles. The van der Waals surface area contributed by atoms with Crippen molar-refractivity contribution in [2.24, 2.45) is 0 Å². The van der Waals surface area contributed by atoms with E-state index in [2.05, 4.69) is 15.9 Å². The van der Waals surface area contributed by atoms with E-state index in [0.29, 0.717) is 23.6 Å². The molecule has 2 aromatic carbocycles. The van der Waals surface area contributed by atoms with Crippen molar-refractivity contribution in [3.63, 3.8) is 0 Å². The van der Waals surface area contributed by atoms with Gasteiger partial charge in [-0.25, -0.2) is 0 Å². The quantitative estimate of drug-likeness (QED) is 0.413. The molecule has 0 aliphatic carbocycles. The molecule has 1 aromatic heterocycles. The first-order chi connectivity index (χ1) is 14.0. The molecule has 146 valence electrons. The fourth-order valence-corrected chi connectivity index (χ4v) is 4.18. The number of rotatable bonds is 5. The Labute approximate surface area is 181 Å². The van der Waals surface area contributed by atoms with Gasteiger partial charge in [0.25, 0.3) is 11.1 Å². The summed E-state index contributed by atoms with van der Waals surface area (Å²) in [6, 6.07) is 19.5. The highest BCUT2D eigenvalue weighted by Gasteiger charge is 2.34. The Morgan fingerprint density at radius 1 is 1.07 bits per heavy atom. The number of nitrogens with zero attached hydrogens (tertiary/aromatic N) is 1. The van der Waals surface area contributed by atoms with Gasteiger partial charge >= 0.3 is 0 Å². The second-order valence-corrected chi connectivity index (χ2v) is 8.58. The van der Waals surface area contributed by atoms with Crippen molar-refractivity contribution in [3.8, 4) is 11.3 Å². The second-order valence-electron chi connectivity index (χ2n) is 6.73. The summed E-state index contributed by atoms with van der Waals surface area (Å²) in [7, 11) is 0. The van der Waals surface area contributed by atoms with E-state index in [1.807, 2.05) is 67.6 Å². The number of carbonyl (C=O) groups excluding carboxylic acids is 2. The third-order valence-corrected chi connectivity index (χ3v) is 6.48. The van der Waals surface area contributed by atoms with Crippen molar-refractivity contribution >= 4 is 44.9 Å². The van der Waals surface area contributed by atoms with Crippen molar-refractivity contribution in [3.05, 3.63) is 86.9 Å². The molecule has 6 heteroatoms. The van der Waals surface area contributed by atoms with Crippen molar-refractivity contribution in [2.45, 2.75) is 13.3 Å². The first kappa shape index (κ1) is 19.7. The van der Waals surface area contributed by atoms with Crippen LogP contribution >= 0.6 is 27.7 Å². The van der Waals surface area contributed by atoms with Gasteiger partial charge in [-0.3, -0.25) is 14.5 Å². The number of hydrogen-bond acceptors (Lipinski definition) is 4. The van der Waals surface area contributed by atoms with Gasteiger partial charge in [0, 0.05) is 22.7 Å². The summed E-state index contributed by atoms with van der Waals surface area (Å²) < 4.78 is 6.93. The summed E-state index contributed by atoms with van der Waals surface area (Å²) in [6.45, 7) is 2.39. The van der Waals surface area contributed by atoms with E-state index >= 15 is 0 Å². The summed E-state index contributed by atoms with van der Waals surface area (Å²) in [4.78, 5) is 26.6. The van der Waals surface area contributed by atoms with Crippen LogP contribution in [0.15, 0.2) is 74.5 Å². The fourth-order valence-electron chi connectivity index (χ4n) is 3.09. The lowest BCUT2D eigenvalue weighted by molar-refractivity contribution is -0.122. The highest BCUT2D eigenvalue weighted by atomic mass is 79.9. The van der Waals surface area contributed by atoms with Crippen molar-refractivity contribution < 1.29 is 14.0 Å². The molecule has 3 aromatic rings. The Hall–Kier alpha value is -2.57. The number of carbonyl (C=O) groups is 2. The number of benzene rings is 2. The molecule has 2 amide bonds. The molecule has 4 rings (SSSR count). The lowest BCUT2D eigenvalue weighted by Gasteiger charge is -2.11. The normalized spacial score (nSPS) is 15.5. The second kappa shape index (κ2) is 8.43. The lowest BCUT2D eigenvalue weighted by Crippen LogP contribution is -2.30. The highest BCUT2D eigenvalue weighted by Crippen LogP contribution is 2.34. The van der Waals surface area contributed by atoms with Crippen molar-refractivity contribution in [2.75, 3.05) is 6.54 Å². The monoisotopic (exact) mass is 467 g/mol. The highest BCUT2D eigenvalue weighted by molar-refractivity contribution is 9.10. The Bertz CT molecular complexity index is 1100. The number of amides is 2. The Balaban J connectivity index is 1.48. The van der Waals surface area contributed by atoms with Crippen LogP contribution in [0.3, 0.4) is 0 Å². The molecule has 0 unspecified atom stereocenters. The van der Waals surface area contributed by atoms with E-state index in [4.69, 9.17) is 4.42 Å².